The number of nitrogen functional groups attached to an aromatic ring is 1. The summed E-state index contributed by atoms with van der Waals surface area (Å²) < 4.78 is 27.8. The minimum Gasteiger partial charge on any atom is -0.399 e. The number of nitrogens with zero attached hydrogens (tertiary/aromatic N) is 2. The molecule has 8 heteroatoms. The lowest BCUT2D eigenvalue weighted by Crippen LogP contribution is -2.42. The summed E-state index contributed by atoms with van der Waals surface area (Å²) in [5.41, 5.74) is 16.7. The number of hydrogen-bond acceptors (Lipinski definition) is 4. The fourth-order valence-electron chi connectivity index (χ4n) is 4.42. The molecule has 4 N–H and O–H groups in total. The van der Waals surface area contributed by atoms with E-state index in [1.807, 2.05) is 42.5 Å². The van der Waals surface area contributed by atoms with E-state index in [0.29, 0.717) is 23.8 Å². The average molecular weight is 443 g/mol. The van der Waals surface area contributed by atoms with Crippen molar-refractivity contribution >= 4 is 43.8 Å². The second-order valence-electron chi connectivity index (χ2n) is 8.13. The van der Waals surface area contributed by atoms with Crippen LogP contribution in [0.25, 0.3) is 22.0 Å². The van der Waals surface area contributed by atoms with Gasteiger partial charge in [-0.05, 0) is 36.1 Å². The summed E-state index contributed by atoms with van der Waals surface area (Å²) in [5.74, 6) is 0.168. The Balaban J connectivity index is 1.81. The van der Waals surface area contributed by atoms with E-state index in [9.17, 15) is 8.42 Å². The Morgan fingerprint density at radius 3 is 2.63 bits per heavy atom. The van der Waals surface area contributed by atoms with Crippen LogP contribution in [0.2, 0.25) is 0 Å². The molecule has 158 valence electrons. The van der Waals surface area contributed by atoms with E-state index in [2.05, 4.69) is 17.7 Å². The van der Waals surface area contributed by atoms with Gasteiger partial charge >= 0.3 is 0 Å². The van der Waals surface area contributed by atoms with Crippen LogP contribution in [-0.2, 0) is 10.0 Å². The van der Waals surface area contributed by atoms with Gasteiger partial charge in [0.1, 0.15) is 4.99 Å². The van der Waals surface area contributed by atoms with Gasteiger partial charge in [-0.15, -0.1) is 0 Å². The van der Waals surface area contributed by atoms with Crippen LogP contribution < -0.4 is 11.5 Å². The molecule has 1 aliphatic heterocycles. The van der Waals surface area contributed by atoms with Crippen molar-refractivity contribution in [1.82, 2.24) is 8.87 Å². The van der Waals surface area contributed by atoms with E-state index in [0.717, 1.165) is 34.0 Å². The van der Waals surface area contributed by atoms with Crippen molar-refractivity contribution in [2.24, 2.45) is 11.7 Å². The molecule has 0 amide bonds. The molecule has 2 atom stereocenters. The van der Waals surface area contributed by atoms with Gasteiger partial charge in [-0.3, -0.25) is 0 Å². The summed E-state index contributed by atoms with van der Waals surface area (Å²) in [6, 6.07) is 14.0. The van der Waals surface area contributed by atoms with Crippen molar-refractivity contribution in [3.05, 3.63) is 54.2 Å². The van der Waals surface area contributed by atoms with Crippen LogP contribution in [0.5, 0.6) is 0 Å². The van der Waals surface area contributed by atoms with Crippen molar-refractivity contribution in [2.75, 3.05) is 25.1 Å². The first-order valence-corrected chi connectivity index (χ1v) is 12.2. The number of anilines is 1. The van der Waals surface area contributed by atoms with Crippen molar-refractivity contribution in [2.45, 2.75) is 19.4 Å². The molecule has 0 radical (unpaired) electrons. The zero-order valence-corrected chi connectivity index (χ0v) is 18.7. The predicted molar refractivity (Wildman–Crippen MR) is 127 cm³/mol. The van der Waals surface area contributed by atoms with Crippen molar-refractivity contribution < 1.29 is 8.42 Å². The molecule has 4 rings (SSSR count). The summed E-state index contributed by atoms with van der Waals surface area (Å²) in [7, 11) is -3.18. The molecule has 6 nitrogen and oxygen atoms in total. The van der Waals surface area contributed by atoms with Gasteiger partial charge in [0.2, 0.25) is 10.0 Å². The number of fused-ring (bicyclic) bond motifs is 1. The Morgan fingerprint density at radius 1 is 1.20 bits per heavy atom. The van der Waals surface area contributed by atoms with Crippen LogP contribution in [0.4, 0.5) is 5.69 Å². The molecule has 0 saturated carbocycles. The van der Waals surface area contributed by atoms with Crippen molar-refractivity contribution in [3.63, 3.8) is 0 Å². The predicted octanol–water partition coefficient (Wildman–Crippen LogP) is 3.37. The number of rotatable bonds is 4. The van der Waals surface area contributed by atoms with Gasteiger partial charge in [0.15, 0.2) is 0 Å². The first-order chi connectivity index (χ1) is 14.1. The SMILES string of the molecule is CC1CN(S(C)(=O)=O)CCC1n1cc(-c2cccc(C(N)=S)c2)c2ccc(N)cc21. The van der Waals surface area contributed by atoms with Gasteiger partial charge in [-0.2, -0.15) is 0 Å². The van der Waals surface area contributed by atoms with Crippen LogP contribution >= 0.6 is 12.2 Å². The van der Waals surface area contributed by atoms with E-state index >= 15 is 0 Å². The average Bonchev–Trinajstić information content (AvgIpc) is 3.05. The molecule has 2 aromatic carbocycles. The molecule has 1 saturated heterocycles. The highest BCUT2D eigenvalue weighted by atomic mass is 32.2. The summed E-state index contributed by atoms with van der Waals surface area (Å²) in [4.78, 5) is 0.367. The van der Waals surface area contributed by atoms with Gasteiger partial charge in [-0.25, -0.2) is 12.7 Å². The summed E-state index contributed by atoms with van der Waals surface area (Å²) in [5, 5.41) is 1.10. The normalized spacial score (nSPS) is 20.5. The van der Waals surface area contributed by atoms with Gasteiger partial charge in [0.25, 0.3) is 0 Å². The lowest BCUT2D eigenvalue weighted by Gasteiger charge is -2.36. The maximum Gasteiger partial charge on any atom is 0.211 e. The first-order valence-electron chi connectivity index (χ1n) is 9.90. The minimum absolute atomic E-state index is 0.168. The molecule has 2 unspecified atom stereocenters. The third-order valence-electron chi connectivity index (χ3n) is 5.97. The second kappa shape index (κ2) is 7.68. The smallest absolute Gasteiger partial charge is 0.211 e. The fourth-order valence-corrected chi connectivity index (χ4v) is 5.49. The van der Waals surface area contributed by atoms with Gasteiger partial charge < -0.3 is 16.0 Å². The topological polar surface area (TPSA) is 94.3 Å². The molecule has 30 heavy (non-hydrogen) atoms. The van der Waals surface area contributed by atoms with Crippen LogP contribution in [0.3, 0.4) is 0 Å². The number of piperidine rings is 1. The Morgan fingerprint density at radius 2 is 1.97 bits per heavy atom. The van der Waals surface area contributed by atoms with E-state index in [4.69, 9.17) is 23.7 Å². The number of nitrogens with two attached hydrogens (primary N) is 2. The minimum atomic E-state index is -3.18. The zero-order valence-electron chi connectivity index (χ0n) is 17.1. The summed E-state index contributed by atoms with van der Waals surface area (Å²) in [6.07, 6.45) is 4.18. The third-order valence-corrected chi connectivity index (χ3v) is 7.47. The van der Waals surface area contributed by atoms with Crippen LogP contribution in [-0.4, -0.2) is 41.6 Å². The number of aromatic nitrogens is 1. The molecular formula is C22H26N4O2S2. The highest BCUT2D eigenvalue weighted by molar-refractivity contribution is 7.88. The molecule has 0 aliphatic carbocycles. The molecular weight excluding hydrogens is 416 g/mol. The highest BCUT2D eigenvalue weighted by Crippen LogP contribution is 2.38. The largest absolute Gasteiger partial charge is 0.399 e. The Kier molecular flexibility index (Phi) is 5.34. The lowest BCUT2D eigenvalue weighted by molar-refractivity contribution is 0.206. The quantitative estimate of drug-likeness (QED) is 0.477. The highest BCUT2D eigenvalue weighted by Gasteiger charge is 2.32. The molecule has 2 heterocycles. The molecule has 0 bridgehead atoms. The number of thiocarbonyl (C=S) groups is 1. The monoisotopic (exact) mass is 442 g/mol. The van der Waals surface area contributed by atoms with E-state index in [-0.39, 0.29) is 12.0 Å². The van der Waals surface area contributed by atoms with E-state index in [1.54, 1.807) is 4.31 Å². The van der Waals surface area contributed by atoms with E-state index in [1.165, 1.54) is 6.26 Å². The maximum atomic E-state index is 12.0. The van der Waals surface area contributed by atoms with Crippen molar-refractivity contribution in [3.8, 4) is 11.1 Å². The second-order valence-corrected chi connectivity index (χ2v) is 10.5. The Bertz CT molecular complexity index is 1230. The Labute approximate surface area is 182 Å². The van der Waals surface area contributed by atoms with Gasteiger partial charge in [0.05, 0.1) is 11.8 Å². The van der Waals surface area contributed by atoms with E-state index < -0.39 is 10.0 Å². The Hall–Kier alpha value is -2.42. The van der Waals surface area contributed by atoms with Crippen molar-refractivity contribution in [1.29, 1.82) is 0 Å². The molecule has 1 aliphatic rings. The molecule has 3 aromatic rings. The fraction of sp³-hybridized carbons (Fsp3) is 0.318. The molecule has 1 fully saturated rings. The van der Waals surface area contributed by atoms with Crippen LogP contribution in [0.15, 0.2) is 48.7 Å². The summed E-state index contributed by atoms with van der Waals surface area (Å²) >= 11 is 5.15. The maximum absolute atomic E-state index is 12.0. The summed E-state index contributed by atoms with van der Waals surface area (Å²) in [6.45, 7) is 3.13. The lowest BCUT2D eigenvalue weighted by atomic mass is 9.95. The number of sulfonamides is 1. The first kappa shape index (κ1) is 20.8. The molecule has 0 spiro atoms. The standard InChI is InChI=1S/C22H26N4O2S2/c1-14-12-25(30(2,27)28)9-8-20(14)26-13-19(18-7-6-17(23)11-21(18)26)15-4-3-5-16(10-15)22(24)29/h3-7,10-11,13-14,20H,8-9,12,23H2,1-2H3,(H2,24,29). The van der Waals surface area contributed by atoms with Gasteiger partial charge in [-0.1, -0.05) is 43.4 Å². The third kappa shape index (κ3) is 3.82. The van der Waals surface area contributed by atoms with Gasteiger partial charge in [0, 0.05) is 47.5 Å². The van der Waals surface area contributed by atoms with Crippen LogP contribution in [0.1, 0.15) is 24.9 Å². The molecule has 1 aromatic heterocycles. The van der Waals surface area contributed by atoms with Crippen LogP contribution in [0, 0.1) is 5.92 Å². The number of benzene rings is 2. The zero-order chi connectivity index (χ0) is 21.6. The number of hydrogen-bond donors (Lipinski definition) is 2.